The molecular formula is C14H24N2O4S. The van der Waals surface area contributed by atoms with Crippen molar-refractivity contribution in [1.82, 2.24) is 10.0 Å². The fourth-order valence-electron chi connectivity index (χ4n) is 2.74. The van der Waals surface area contributed by atoms with Crippen molar-refractivity contribution in [3.63, 3.8) is 0 Å². The van der Waals surface area contributed by atoms with E-state index in [0.29, 0.717) is 36.6 Å². The van der Waals surface area contributed by atoms with Crippen molar-refractivity contribution in [3.8, 4) is 0 Å². The molecule has 2 N–H and O–H groups in total. The average Bonchev–Trinajstić information content (AvgIpc) is 2.99. The molecular weight excluding hydrogens is 292 g/mol. The van der Waals surface area contributed by atoms with Crippen molar-refractivity contribution in [3.05, 3.63) is 17.1 Å². The molecule has 0 amide bonds. The third-order valence-electron chi connectivity index (χ3n) is 3.73. The summed E-state index contributed by atoms with van der Waals surface area (Å²) in [5.41, 5.74) is 0.694. The molecule has 120 valence electrons. The SMILES string of the molecule is CNCc1c(C)oc(C)c1S(=O)(=O)NCCC1CCCO1. The summed E-state index contributed by atoms with van der Waals surface area (Å²) >= 11 is 0. The minimum absolute atomic E-state index is 0.177. The highest BCUT2D eigenvalue weighted by molar-refractivity contribution is 7.89. The zero-order valence-corrected chi connectivity index (χ0v) is 13.7. The second kappa shape index (κ2) is 6.91. The first-order valence-corrected chi connectivity index (χ1v) is 8.78. The van der Waals surface area contributed by atoms with Crippen LogP contribution in [0.2, 0.25) is 0 Å². The molecule has 6 nitrogen and oxygen atoms in total. The van der Waals surface area contributed by atoms with Crippen molar-refractivity contribution >= 4 is 10.0 Å². The van der Waals surface area contributed by atoms with Gasteiger partial charge in [0.15, 0.2) is 0 Å². The van der Waals surface area contributed by atoms with Crippen LogP contribution in [0.4, 0.5) is 0 Å². The van der Waals surface area contributed by atoms with Gasteiger partial charge < -0.3 is 14.5 Å². The lowest BCUT2D eigenvalue weighted by Crippen LogP contribution is -2.28. The summed E-state index contributed by atoms with van der Waals surface area (Å²) in [4.78, 5) is 0.265. The van der Waals surface area contributed by atoms with Gasteiger partial charge in [-0.2, -0.15) is 0 Å². The first-order valence-electron chi connectivity index (χ1n) is 7.30. The Bertz CT molecular complexity index is 574. The Morgan fingerprint density at radius 1 is 1.29 bits per heavy atom. The lowest BCUT2D eigenvalue weighted by atomic mass is 10.2. The van der Waals surface area contributed by atoms with E-state index < -0.39 is 10.0 Å². The maximum Gasteiger partial charge on any atom is 0.244 e. The van der Waals surface area contributed by atoms with E-state index in [4.69, 9.17) is 9.15 Å². The lowest BCUT2D eigenvalue weighted by Gasteiger charge is -2.11. The van der Waals surface area contributed by atoms with Crippen LogP contribution in [0.3, 0.4) is 0 Å². The van der Waals surface area contributed by atoms with Crippen LogP contribution in [-0.4, -0.2) is 34.7 Å². The quantitative estimate of drug-likeness (QED) is 0.796. The molecule has 2 rings (SSSR count). The van der Waals surface area contributed by atoms with E-state index in [0.717, 1.165) is 19.4 Å². The van der Waals surface area contributed by atoms with Crippen LogP contribution in [0, 0.1) is 13.8 Å². The molecule has 7 heteroatoms. The fraction of sp³-hybridized carbons (Fsp3) is 0.714. The van der Waals surface area contributed by atoms with Crippen LogP contribution in [-0.2, 0) is 21.3 Å². The molecule has 0 saturated carbocycles. The summed E-state index contributed by atoms with van der Waals surface area (Å²) in [7, 11) is -1.77. The van der Waals surface area contributed by atoms with Crippen LogP contribution in [0.5, 0.6) is 0 Å². The molecule has 0 spiro atoms. The average molecular weight is 316 g/mol. The van der Waals surface area contributed by atoms with Gasteiger partial charge >= 0.3 is 0 Å². The number of rotatable bonds is 7. The van der Waals surface area contributed by atoms with Crippen LogP contribution >= 0.6 is 0 Å². The minimum atomic E-state index is -3.55. The predicted molar refractivity (Wildman–Crippen MR) is 79.7 cm³/mol. The van der Waals surface area contributed by atoms with Crippen LogP contribution in [0.1, 0.15) is 36.3 Å². The molecule has 0 bridgehead atoms. The largest absolute Gasteiger partial charge is 0.465 e. The number of hydrogen-bond acceptors (Lipinski definition) is 5. The van der Waals surface area contributed by atoms with Crippen molar-refractivity contribution in [1.29, 1.82) is 0 Å². The number of ether oxygens (including phenoxy) is 1. The van der Waals surface area contributed by atoms with Crippen LogP contribution in [0.25, 0.3) is 0 Å². The molecule has 21 heavy (non-hydrogen) atoms. The maximum atomic E-state index is 12.5. The van der Waals surface area contributed by atoms with Gasteiger partial charge in [0.05, 0.1) is 6.10 Å². The van der Waals surface area contributed by atoms with Gasteiger partial charge in [0, 0.05) is 25.3 Å². The highest BCUT2D eigenvalue weighted by atomic mass is 32.2. The summed E-state index contributed by atoms with van der Waals surface area (Å²) in [6.07, 6.45) is 2.95. The van der Waals surface area contributed by atoms with Crippen molar-refractivity contribution in [2.75, 3.05) is 20.2 Å². The first kappa shape index (κ1) is 16.5. The number of aryl methyl sites for hydroxylation is 2. The molecule has 1 aromatic heterocycles. The van der Waals surface area contributed by atoms with Crippen LogP contribution < -0.4 is 10.0 Å². The minimum Gasteiger partial charge on any atom is -0.465 e. The van der Waals surface area contributed by atoms with Gasteiger partial charge in [0.25, 0.3) is 0 Å². The van der Waals surface area contributed by atoms with Crippen LogP contribution in [0.15, 0.2) is 9.31 Å². The second-order valence-corrected chi connectivity index (χ2v) is 7.08. The molecule has 1 atom stereocenters. The summed E-state index contributed by atoms with van der Waals surface area (Å²) in [5, 5.41) is 2.98. The summed E-state index contributed by atoms with van der Waals surface area (Å²) < 4.78 is 38.6. The number of hydrogen-bond donors (Lipinski definition) is 2. The number of sulfonamides is 1. The van der Waals surface area contributed by atoms with E-state index in [-0.39, 0.29) is 11.0 Å². The Hall–Kier alpha value is -0.890. The summed E-state index contributed by atoms with van der Waals surface area (Å²) in [5.74, 6) is 1.07. The predicted octanol–water partition coefficient (Wildman–Crippen LogP) is 1.46. The molecule has 0 aliphatic carbocycles. The van der Waals surface area contributed by atoms with Gasteiger partial charge in [0.1, 0.15) is 16.4 Å². The van der Waals surface area contributed by atoms with E-state index >= 15 is 0 Å². The van der Waals surface area contributed by atoms with E-state index in [1.165, 1.54) is 0 Å². The Balaban J connectivity index is 2.07. The molecule has 1 unspecified atom stereocenters. The Kier molecular flexibility index (Phi) is 5.43. The fourth-order valence-corrected chi connectivity index (χ4v) is 4.23. The van der Waals surface area contributed by atoms with E-state index in [2.05, 4.69) is 10.0 Å². The highest BCUT2D eigenvalue weighted by Crippen LogP contribution is 2.26. The lowest BCUT2D eigenvalue weighted by molar-refractivity contribution is 0.105. The molecule has 1 aliphatic rings. The standard InChI is InChI=1S/C14H24N2O4S/c1-10-13(9-15-3)14(11(2)20-10)21(17,18)16-7-6-12-5-4-8-19-12/h12,15-16H,4-9H2,1-3H3. The number of furan rings is 1. The zero-order valence-electron chi connectivity index (χ0n) is 12.9. The van der Waals surface area contributed by atoms with Gasteiger partial charge in [-0.3, -0.25) is 0 Å². The van der Waals surface area contributed by atoms with Crippen molar-refractivity contribution in [2.45, 2.75) is 50.7 Å². The van der Waals surface area contributed by atoms with Gasteiger partial charge in [-0.05, 0) is 40.2 Å². The van der Waals surface area contributed by atoms with E-state index in [1.54, 1.807) is 20.9 Å². The summed E-state index contributed by atoms with van der Waals surface area (Å²) in [6.45, 7) is 5.09. The van der Waals surface area contributed by atoms with Gasteiger partial charge in [0.2, 0.25) is 10.0 Å². The van der Waals surface area contributed by atoms with Gasteiger partial charge in [-0.25, -0.2) is 13.1 Å². The number of nitrogens with one attached hydrogen (secondary N) is 2. The molecule has 1 aliphatic heterocycles. The second-order valence-electron chi connectivity index (χ2n) is 5.37. The molecule has 1 aromatic rings. The maximum absolute atomic E-state index is 12.5. The van der Waals surface area contributed by atoms with E-state index in [9.17, 15) is 8.42 Å². The van der Waals surface area contributed by atoms with Crippen molar-refractivity contribution < 1.29 is 17.6 Å². The smallest absolute Gasteiger partial charge is 0.244 e. The highest BCUT2D eigenvalue weighted by Gasteiger charge is 2.26. The molecule has 0 radical (unpaired) electrons. The summed E-state index contributed by atoms with van der Waals surface area (Å²) in [6, 6.07) is 0. The molecule has 1 saturated heterocycles. The monoisotopic (exact) mass is 316 g/mol. The van der Waals surface area contributed by atoms with Crippen molar-refractivity contribution in [2.24, 2.45) is 0 Å². The molecule has 1 fully saturated rings. The Morgan fingerprint density at radius 3 is 2.67 bits per heavy atom. The third-order valence-corrected chi connectivity index (χ3v) is 5.39. The topological polar surface area (TPSA) is 80.6 Å². The Labute approximate surface area is 126 Å². The zero-order chi connectivity index (χ0) is 15.5. The first-order chi connectivity index (χ1) is 9.95. The third kappa shape index (κ3) is 3.85. The van der Waals surface area contributed by atoms with Gasteiger partial charge in [-0.15, -0.1) is 0 Å². The molecule has 2 heterocycles. The Morgan fingerprint density at radius 2 is 2.05 bits per heavy atom. The molecule has 0 aromatic carbocycles. The normalized spacial score (nSPS) is 19.3. The van der Waals surface area contributed by atoms with Gasteiger partial charge in [-0.1, -0.05) is 0 Å². The van der Waals surface area contributed by atoms with E-state index in [1.807, 2.05) is 0 Å².